The maximum absolute atomic E-state index is 12.4. The molecule has 0 radical (unpaired) electrons. The Bertz CT molecular complexity index is 700. The summed E-state index contributed by atoms with van der Waals surface area (Å²) in [5, 5.41) is 1.41. The molecule has 0 spiro atoms. The van der Waals surface area contributed by atoms with E-state index in [1.54, 1.807) is 12.1 Å². The van der Waals surface area contributed by atoms with Crippen molar-refractivity contribution in [3.8, 4) is 0 Å². The van der Waals surface area contributed by atoms with Crippen LogP contribution in [-0.2, 0) is 6.18 Å². The van der Waals surface area contributed by atoms with Gasteiger partial charge in [-0.25, -0.2) is 9.97 Å². The molecule has 0 aliphatic carbocycles. The van der Waals surface area contributed by atoms with E-state index >= 15 is 0 Å². The number of nitrogens with zero attached hydrogens (tertiary/aromatic N) is 2. The van der Waals surface area contributed by atoms with E-state index in [9.17, 15) is 13.2 Å². The Labute approximate surface area is 93.3 Å². The summed E-state index contributed by atoms with van der Waals surface area (Å²) >= 11 is 0. The molecule has 86 valence electrons. The van der Waals surface area contributed by atoms with Crippen LogP contribution in [0.2, 0.25) is 0 Å². The highest BCUT2D eigenvalue weighted by atomic mass is 19.4. The number of halogens is 3. The Hall–Kier alpha value is -2.11. The first kappa shape index (κ1) is 10.1. The Morgan fingerprint density at radius 3 is 2.59 bits per heavy atom. The molecule has 1 aromatic carbocycles. The van der Waals surface area contributed by atoms with E-state index in [1.165, 1.54) is 6.20 Å². The lowest BCUT2D eigenvalue weighted by molar-refractivity contribution is -0.144. The molecule has 3 aromatic rings. The van der Waals surface area contributed by atoms with Crippen molar-refractivity contribution in [3.63, 3.8) is 0 Å². The fourth-order valence-corrected chi connectivity index (χ4v) is 1.77. The minimum atomic E-state index is -4.52. The second-order valence-electron chi connectivity index (χ2n) is 3.62. The van der Waals surface area contributed by atoms with Gasteiger partial charge in [-0.05, 0) is 6.07 Å². The maximum atomic E-state index is 12.4. The molecule has 0 saturated heterocycles. The van der Waals surface area contributed by atoms with E-state index in [-0.39, 0.29) is 5.65 Å². The van der Waals surface area contributed by atoms with Crippen LogP contribution >= 0.6 is 0 Å². The summed E-state index contributed by atoms with van der Waals surface area (Å²) in [6.07, 6.45) is -3.32. The third-order valence-electron chi connectivity index (χ3n) is 2.51. The van der Waals surface area contributed by atoms with Gasteiger partial charge in [0.2, 0.25) is 5.82 Å². The van der Waals surface area contributed by atoms with E-state index < -0.39 is 12.0 Å². The largest absolute Gasteiger partial charge is 0.451 e. The molecule has 0 aliphatic heterocycles. The van der Waals surface area contributed by atoms with Crippen molar-refractivity contribution in [2.75, 3.05) is 0 Å². The smallest absolute Gasteiger partial charge is 0.339 e. The molecule has 0 amide bonds. The number of hydrogen-bond acceptors (Lipinski definition) is 2. The summed E-state index contributed by atoms with van der Waals surface area (Å²) in [6, 6.07) is 7.21. The molecule has 0 fully saturated rings. The Morgan fingerprint density at radius 2 is 1.82 bits per heavy atom. The molecular formula is C11H6F3N3. The van der Waals surface area contributed by atoms with Crippen LogP contribution < -0.4 is 0 Å². The highest BCUT2D eigenvalue weighted by Gasteiger charge is 2.34. The van der Waals surface area contributed by atoms with Crippen LogP contribution in [0.15, 0.2) is 30.5 Å². The standard InChI is InChI=1S/C11H6F3N3/c12-11(13,14)10-15-5-7-6-3-1-2-4-8(6)16-9(7)17-10/h1-5H,(H,15,16,17). The third kappa shape index (κ3) is 1.52. The molecule has 0 saturated carbocycles. The van der Waals surface area contributed by atoms with Gasteiger partial charge >= 0.3 is 6.18 Å². The lowest BCUT2D eigenvalue weighted by Crippen LogP contribution is -2.10. The predicted molar refractivity (Wildman–Crippen MR) is 56.4 cm³/mol. The number of para-hydroxylation sites is 1. The van der Waals surface area contributed by atoms with Gasteiger partial charge in [-0.3, -0.25) is 0 Å². The van der Waals surface area contributed by atoms with Crippen LogP contribution in [0.4, 0.5) is 13.2 Å². The number of hydrogen-bond donors (Lipinski definition) is 1. The second kappa shape index (κ2) is 3.19. The fourth-order valence-electron chi connectivity index (χ4n) is 1.77. The Balaban J connectivity index is 2.34. The van der Waals surface area contributed by atoms with Gasteiger partial charge in [-0.1, -0.05) is 18.2 Å². The van der Waals surface area contributed by atoms with E-state index in [0.29, 0.717) is 5.39 Å². The molecule has 0 atom stereocenters. The van der Waals surface area contributed by atoms with Gasteiger partial charge in [0.05, 0.1) is 0 Å². The topological polar surface area (TPSA) is 41.6 Å². The van der Waals surface area contributed by atoms with E-state index in [2.05, 4.69) is 15.0 Å². The van der Waals surface area contributed by atoms with Crippen LogP contribution in [-0.4, -0.2) is 15.0 Å². The molecular weight excluding hydrogens is 231 g/mol. The van der Waals surface area contributed by atoms with Crippen molar-refractivity contribution < 1.29 is 13.2 Å². The number of rotatable bonds is 0. The predicted octanol–water partition coefficient (Wildman–Crippen LogP) is 3.13. The molecule has 2 aromatic heterocycles. The van der Waals surface area contributed by atoms with Crippen molar-refractivity contribution in [3.05, 3.63) is 36.3 Å². The summed E-state index contributed by atoms with van der Waals surface area (Å²) in [5.74, 6) is -1.13. The van der Waals surface area contributed by atoms with Gasteiger partial charge in [-0.15, -0.1) is 0 Å². The first-order chi connectivity index (χ1) is 8.05. The Morgan fingerprint density at radius 1 is 1.06 bits per heavy atom. The third-order valence-corrected chi connectivity index (χ3v) is 2.51. The number of aromatic nitrogens is 3. The highest BCUT2D eigenvalue weighted by molar-refractivity contribution is 6.05. The van der Waals surface area contributed by atoms with Crippen molar-refractivity contribution in [2.24, 2.45) is 0 Å². The monoisotopic (exact) mass is 237 g/mol. The van der Waals surface area contributed by atoms with Crippen LogP contribution in [0.3, 0.4) is 0 Å². The average Bonchev–Trinajstić information content (AvgIpc) is 2.65. The molecule has 0 unspecified atom stereocenters. The van der Waals surface area contributed by atoms with Gasteiger partial charge in [0.25, 0.3) is 0 Å². The van der Waals surface area contributed by atoms with Gasteiger partial charge < -0.3 is 4.98 Å². The molecule has 3 rings (SSSR count). The molecule has 0 bridgehead atoms. The summed E-state index contributed by atoms with van der Waals surface area (Å²) in [5.41, 5.74) is 0.949. The van der Waals surface area contributed by atoms with E-state index in [4.69, 9.17) is 0 Å². The fraction of sp³-hybridized carbons (Fsp3) is 0.0909. The summed E-state index contributed by atoms with van der Waals surface area (Å²) < 4.78 is 37.3. The molecule has 2 heterocycles. The highest BCUT2D eigenvalue weighted by Crippen LogP contribution is 2.29. The van der Waals surface area contributed by atoms with Crippen molar-refractivity contribution in [2.45, 2.75) is 6.18 Å². The van der Waals surface area contributed by atoms with Crippen LogP contribution in [0.1, 0.15) is 5.82 Å². The number of fused-ring (bicyclic) bond motifs is 3. The zero-order chi connectivity index (χ0) is 12.0. The minimum Gasteiger partial charge on any atom is -0.339 e. The number of benzene rings is 1. The zero-order valence-electron chi connectivity index (χ0n) is 8.42. The molecule has 3 nitrogen and oxygen atoms in total. The van der Waals surface area contributed by atoms with Crippen molar-refractivity contribution in [1.29, 1.82) is 0 Å². The van der Waals surface area contributed by atoms with Crippen LogP contribution in [0, 0.1) is 0 Å². The van der Waals surface area contributed by atoms with E-state index in [0.717, 1.165) is 10.9 Å². The lowest BCUT2D eigenvalue weighted by Gasteiger charge is -2.02. The van der Waals surface area contributed by atoms with E-state index in [1.807, 2.05) is 12.1 Å². The quantitative estimate of drug-likeness (QED) is 0.652. The number of alkyl halides is 3. The van der Waals surface area contributed by atoms with Gasteiger partial charge in [0.1, 0.15) is 5.65 Å². The second-order valence-corrected chi connectivity index (χ2v) is 3.62. The zero-order valence-corrected chi connectivity index (χ0v) is 8.42. The van der Waals surface area contributed by atoms with Crippen LogP contribution in [0.5, 0.6) is 0 Å². The summed E-state index contributed by atoms with van der Waals surface area (Å²) in [7, 11) is 0. The van der Waals surface area contributed by atoms with Gasteiger partial charge in [0, 0.05) is 22.5 Å². The van der Waals surface area contributed by atoms with Gasteiger partial charge in [0.15, 0.2) is 0 Å². The molecule has 6 heteroatoms. The van der Waals surface area contributed by atoms with Crippen molar-refractivity contribution >= 4 is 21.9 Å². The number of nitrogens with one attached hydrogen (secondary N) is 1. The molecule has 0 aliphatic rings. The SMILES string of the molecule is FC(F)(F)c1ncc2c(n1)[nH]c1ccccc12. The molecule has 17 heavy (non-hydrogen) atoms. The first-order valence-corrected chi connectivity index (χ1v) is 4.86. The maximum Gasteiger partial charge on any atom is 0.451 e. The van der Waals surface area contributed by atoms with Gasteiger partial charge in [-0.2, -0.15) is 13.2 Å². The first-order valence-electron chi connectivity index (χ1n) is 4.86. The molecule has 1 N–H and O–H groups in total. The van der Waals surface area contributed by atoms with Crippen molar-refractivity contribution in [1.82, 2.24) is 15.0 Å². The minimum absolute atomic E-state index is 0.202. The average molecular weight is 237 g/mol. The number of aromatic amines is 1. The number of H-pyrrole nitrogens is 1. The lowest BCUT2D eigenvalue weighted by atomic mass is 10.2. The Kier molecular flexibility index (Phi) is 1.89. The van der Waals surface area contributed by atoms with Crippen LogP contribution in [0.25, 0.3) is 21.9 Å². The summed E-state index contributed by atoms with van der Waals surface area (Å²) in [4.78, 5) is 9.68. The summed E-state index contributed by atoms with van der Waals surface area (Å²) in [6.45, 7) is 0. The normalized spacial score (nSPS) is 12.4.